The molecule has 0 N–H and O–H groups in total. The van der Waals surface area contributed by atoms with Crippen molar-refractivity contribution in [3.8, 4) is 34.3 Å². The Labute approximate surface area is 300 Å². The van der Waals surface area contributed by atoms with Crippen molar-refractivity contribution in [1.82, 2.24) is 0 Å². The molecule has 2 aromatic carbocycles. The first-order valence-electron chi connectivity index (χ1n) is 15.7. The Morgan fingerprint density at radius 2 is 1.17 bits per heavy atom. The molecule has 0 unspecified atom stereocenters. The van der Waals surface area contributed by atoms with Crippen LogP contribution in [0.25, 0.3) is 22.3 Å². The predicted molar refractivity (Wildman–Crippen MR) is 174 cm³/mol. The van der Waals surface area contributed by atoms with Gasteiger partial charge in [0.2, 0.25) is 12.4 Å². The highest BCUT2D eigenvalue weighted by atomic mass is 16.7. The molecule has 1 fully saturated rings. The molecule has 0 amide bonds. The number of carbonyl (C=O) groups excluding carboxylic acids is 7. The van der Waals surface area contributed by atoms with E-state index >= 15 is 0 Å². The summed E-state index contributed by atoms with van der Waals surface area (Å²) in [6.07, 6.45) is -7.66. The maximum Gasteiger partial charge on any atom is 0.308 e. The van der Waals surface area contributed by atoms with Crippen molar-refractivity contribution in [2.75, 3.05) is 6.61 Å². The van der Waals surface area contributed by atoms with Gasteiger partial charge in [0, 0.05) is 72.2 Å². The molecule has 2 heterocycles. The summed E-state index contributed by atoms with van der Waals surface area (Å²) in [6.45, 7) is 7.10. The van der Waals surface area contributed by atoms with Gasteiger partial charge in [-0.2, -0.15) is 0 Å². The van der Waals surface area contributed by atoms with Gasteiger partial charge in [-0.15, -0.1) is 0 Å². The maximum absolute atomic E-state index is 13.5. The van der Waals surface area contributed by atoms with Crippen LogP contribution in [0.4, 0.5) is 0 Å². The summed E-state index contributed by atoms with van der Waals surface area (Å²) >= 11 is 0. The van der Waals surface area contributed by atoms with Crippen LogP contribution in [0, 0.1) is 0 Å². The zero-order chi connectivity index (χ0) is 39.1. The van der Waals surface area contributed by atoms with E-state index in [2.05, 4.69) is 0 Å². The summed E-state index contributed by atoms with van der Waals surface area (Å²) in [7, 11) is 0. The first kappa shape index (κ1) is 39.5. The first-order chi connectivity index (χ1) is 24.9. The third kappa shape index (κ3) is 10.4. The summed E-state index contributed by atoms with van der Waals surface area (Å²) < 4.78 is 55.0. The molecular formula is C35H34O18. The molecular weight excluding hydrogens is 708 g/mol. The number of hydrogen-bond donors (Lipinski definition) is 0. The number of rotatable bonds is 11. The lowest BCUT2D eigenvalue weighted by molar-refractivity contribution is -0.288. The van der Waals surface area contributed by atoms with Crippen LogP contribution in [0.3, 0.4) is 0 Å². The minimum atomic E-state index is -1.69. The van der Waals surface area contributed by atoms with Crippen molar-refractivity contribution in [2.24, 2.45) is 0 Å². The molecule has 0 spiro atoms. The van der Waals surface area contributed by atoms with E-state index in [1.165, 1.54) is 24.3 Å². The van der Waals surface area contributed by atoms with E-state index in [9.17, 15) is 38.4 Å². The van der Waals surface area contributed by atoms with Crippen LogP contribution < -0.4 is 24.4 Å². The fraction of sp³-hybridized carbons (Fsp3) is 0.371. The Morgan fingerprint density at radius 1 is 0.604 bits per heavy atom. The van der Waals surface area contributed by atoms with Gasteiger partial charge >= 0.3 is 41.8 Å². The molecule has 18 heteroatoms. The zero-order valence-electron chi connectivity index (χ0n) is 29.4. The number of esters is 7. The fourth-order valence-electron chi connectivity index (χ4n) is 5.23. The summed E-state index contributed by atoms with van der Waals surface area (Å²) in [4.78, 5) is 97.2. The quantitative estimate of drug-likeness (QED) is 0.156. The second-order valence-corrected chi connectivity index (χ2v) is 11.4. The topological polar surface area (TPSA) is 233 Å². The standard InChI is InChI=1S/C35H34O18/c1-15(36)44-14-30-32(48-19(5)40)33(49-20(6)41)34(50-21(7)42)35(53-30)51-23-11-28(47-18(4)39)31-24(43)13-26(52-29(31)12-23)22-8-9-25(45-16(2)37)27(10-22)46-17(3)38/h8-13,30,32-35H,14H2,1-7H3/t30-,32-,33+,34-,35-/m0/s1. The van der Waals surface area contributed by atoms with Crippen molar-refractivity contribution >= 4 is 52.8 Å². The van der Waals surface area contributed by atoms with Gasteiger partial charge in [-0.25, -0.2) is 0 Å². The van der Waals surface area contributed by atoms with Crippen LogP contribution >= 0.6 is 0 Å². The van der Waals surface area contributed by atoms with Gasteiger partial charge in [0.05, 0.1) is 0 Å². The summed E-state index contributed by atoms with van der Waals surface area (Å²) in [5.41, 5.74) is -0.699. The maximum atomic E-state index is 13.5. The van der Waals surface area contributed by atoms with E-state index in [0.717, 1.165) is 60.6 Å². The minimum absolute atomic E-state index is 0.0801. The van der Waals surface area contributed by atoms with Gasteiger partial charge in [-0.3, -0.25) is 38.4 Å². The van der Waals surface area contributed by atoms with E-state index in [-0.39, 0.29) is 45.3 Å². The van der Waals surface area contributed by atoms with Crippen molar-refractivity contribution < 1.29 is 80.6 Å². The Balaban J connectivity index is 1.87. The van der Waals surface area contributed by atoms with Gasteiger partial charge in [0.25, 0.3) is 0 Å². The number of fused-ring (bicyclic) bond motifs is 1. The second kappa shape index (κ2) is 16.8. The molecule has 1 aliphatic rings. The highest BCUT2D eigenvalue weighted by molar-refractivity contribution is 5.89. The summed E-state index contributed by atoms with van der Waals surface area (Å²) in [5.74, 6) is -6.42. The average molecular weight is 743 g/mol. The highest BCUT2D eigenvalue weighted by Crippen LogP contribution is 2.38. The van der Waals surface area contributed by atoms with Gasteiger partial charge in [-0.05, 0) is 18.2 Å². The summed E-state index contributed by atoms with van der Waals surface area (Å²) in [6, 6.07) is 7.44. The SMILES string of the molecule is CC(=O)OC[C@@H]1O[C@H](Oc2cc(OC(C)=O)c3c(=O)cc(-c4ccc(OC(C)=O)c(OC(C)=O)c4)oc3c2)[C@@H](OC(C)=O)[C@H](OC(C)=O)[C@H]1OC(C)=O. The molecule has 0 saturated carbocycles. The molecule has 0 radical (unpaired) electrons. The van der Waals surface area contributed by atoms with E-state index in [1.807, 2.05) is 0 Å². The highest BCUT2D eigenvalue weighted by Gasteiger charge is 2.53. The molecule has 0 bridgehead atoms. The lowest BCUT2D eigenvalue weighted by Crippen LogP contribution is -2.63. The van der Waals surface area contributed by atoms with E-state index in [1.54, 1.807) is 0 Å². The third-order valence-corrected chi connectivity index (χ3v) is 6.96. The molecule has 282 valence electrons. The van der Waals surface area contributed by atoms with Crippen LogP contribution in [-0.4, -0.2) is 79.1 Å². The predicted octanol–water partition coefficient (Wildman–Crippen LogP) is 2.70. The van der Waals surface area contributed by atoms with Gasteiger partial charge < -0.3 is 47.0 Å². The normalized spacial score (nSPS) is 19.3. The van der Waals surface area contributed by atoms with Gasteiger partial charge in [0.15, 0.2) is 29.1 Å². The van der Waals surface area contributed by atoms with Crippen LogP contribution in [0.1, 0.15) is 48.5 Å². The molecule has 18 nitrogen and oxygen atoms in total. The number of ether oxygens (including phenoxy) is 9. The molecule has 4 rings (SSSR count). The van der Waals surface area contributed by atoms with Crippen LogP contribution in [0.5, 0.6) is 23.0 Å². The minimum Gasteiger partial charge on any atom is -0.463 e. The van der Waals surface area contributed by atoms with Crippen LogP contribution in [-0.2, 0) is 57.2 Å². The Morgan fingerprint density at radius 3 is 1.75 bits per heavy atom. The second-order valence-electron chi connectivity index (χ2n) is 11.4. The van der Waals surface area contributed by atoms with Crippen molar-refractivity contribution in [2.45, 2.75) is 79.2 Å². The largest absolute Gasteiger partial charge is 0.463 e. The monoisotopic (exact) mass is 742 g/mol. The van der Waals surface area contributed by atoms with E-state index in [0.29, 0.717) is 0 Å². The molecule has 3 aromatic rings. The molecule has 1 aliphatic heterocycles. The van der Waals surface area contributed by atoms with Crippen LogP contribution in [0.2, 0.25) is 0 Å². The molecule has 1 saturated heterocycles. The fourth-order valence-corrected chi connectivity index (χ4v) is 5.23. The third-order valence-electron chi connectivity index (χ3n) is 6.96. The Bertz CT molecular complexity index is 2010. The smallest absolute Gasteiger partial charge is 0.308 e. The first-order valence-corrected chi connectivity index (χ1v) is 15.7. The molecule has 1 aromatic heterocycles. The van der Waals surface area contributed by atoms with E-state index < -0.39 is 84.5 Å². The summed E-state index contributed by atoms with van der Waals surface area (Å²) in [5, 5.41) is -0.199. The molecule has 53 heavy (non-hydrogen) atoms. The van der Waals surface area contributed by atoms with Crippen molar-refractivity contribution in [3.63, 3.8) is 0 Å². The van der Waals surface area contributed by atoms with Gasteiger partial charge in [-0.1, -0.05) is 0 Å². The lowest BCUT2D eigenvalue weighted by atomic mass is 9.98. The van der Waals surface area contributed by atoms with Gasteiger partial charge in [0.1, 0.15) is 40.9 Å². The van der Waals surface area contributed by atoms with Crippen LogP contribution in [0.15, 0.2) is 45.6 Å². The van der Waals surface area contributed by atoms with E-state index in [4.69, 9.17) is 47.0 Å². The number of benzene rings is 2. The molecule has 5 atom stereocenters. The molecule has 0 aliphatic carbocycles. The zero-order valence-corrected chi connectivity index (χ0v) is 29.4. The Hall–Kier alpha value is -6.30. The number of carbonyl (C=O) groups is 7. The van der Waals surface area contributed by atoms with Crippen molar-refractivity contribution in [1.29, 1.82) is 0 Å². The average Bonchev–Trinajstić information content (AvgIpc) is 3.02. The van der Waals surface area contributed by atoms with Crippen molar-refractivity contribution in [3.05, 3.63) is 46.6 Å². The number of hydrogen-bond acceptors (Lipinski definition) is 18. The Kier molecular flexibility index (Phi) is 12.5. The lowest BCUT2D eigenvalue weighted by Gasteiger charge is -2.43.